The maximum absolute atomic E-state index is 9.71. The lowest BCUT2D eigenvalue weighted by atomic mass is 10.0. The summed E-state index contributed by atoms with van der Waals surface area (Å²) in [5, 5.41) is 19.2. The van der Waals surface area contributed by atoms with Crippen LogP contribution in [0.2, 0.25) is 0 Å². The van der Waals surface area contributed by atoms with Crippen LogP contribution in [0.25, 0.3) is 0 Å². The van der Waals surface area contributed by atoms with Gasteiger partial charge in [0.25, 0.3) is 0 Å². The number of rotatable bonds is 1. The highest BCUT2D eigenvalue weighted by atomic mass is 16.5. The van der Waals surface area contributed by atoms with E-state index in [4.69, 9.17) is 4.74 Å². The first-order chi connectivity index (χ1) is 6.70. The summed E-state index contributed by atoms with van der Waals surface area (Å²) in [7, 11) is 0. The van der Waals surface area contributed by atoms with Crippen molar-refractivity contribution < 1.29 is 14.9 Å². The fraction of sp³-hybridized carbons (Fsp3) is 0.455. The zero-order chi connectivity index (χ0) is 10.1. The van der Waals surface area contributed by atoms with Crippen molar-refractivity contribution in [2.24, 2.45) is 0 Å². The van der Waals surface area contributed by atoms with Crippen molar-refractivity contribution in [3.8, 4) is 0 Å². The second-order valence-electron chi connectivity index (χ2n) is 3.65. The number of aliphatic hydroxyl groups excluding tert-OH is 2. The highest BCUT2D eigenvalue weighted by molar-refractivity contribution is 5.20. The Hall–Kier alpha value is -0.900. The molecule has 3 nitrogen and oxygen atoms in total. The average molecular weight is 194 g/mol. The summed E-state index contributed by atoms with van der Waals surface area (Å²) < 4.78 is 5.47. The molecule has 0 spiro atoms. The third-order valence-electron chi connectivity index (χ3n) is 2.63. The zero-order valence-corrected chi connectivity index (χ0v) is 8.00. The van der Waals surface area contributed by atoms with Gasteiger partial charge in [-0.1, -0.05) is 30.3 Å². The fourth-order valence-corrected chi connectivity index (χ4v) is 1.77. The quantitative estimate of drug-likeness (QED) is 0.697. The lowest BCUT2D eigenvalue weighted by molar-refractivity contribution is 0.0151. The topological polar surface area (TPSA) is 49.7 Å². The minimum absolute atomic E-state index is 0.310. The van der Waals surface area contributed by atoms with Crippen LogP contribution in [0.5, 0.6) is 0 Å². The molecule has 1 aliphatic heterocycles. The molecule has 1 aromatic carbocycles. The molecule has 2 rings (SSSR count). The monoisotopic (exact) mass is 194 g/mol. The highest BCUT2D eigenvalue weighted by Crippen LogP contribution is 2.32. The summed E-state index contributed by atoms with van der Waals surface area (Å²) in [6.07, 6.45) is -2.33. The first-order valence-corrected chi connectivity index (χ1v) is 4.76. The Morgan fingerprint density at radius 2 is 1.71 bits per heavy atom. The van der Waals surface area contributed by atoms with Crippen LogP contribution < -0.4 is 0 Å². The number of hydrogen-bond donors (Lipinski definition) is 2. The summed E-state index contributed by atoms with van der Waals surface area (Å²) in [6, 6.07) is 9.46. The van der Waals surface area contributed by atoms with E-state index in [0.29, 0.717) is 0 Å². The molecule has 0 aromatic heterocycles. The molecule has 0 bridgehead atoms. The summed E-state index contributed by atoms with van der Waals surface area (Å²) in [5.74, 6) is 0. The minimum atomic E-state index is -0.826. The van der Waals surface area contributed by atoms with E-state index in [2.05, 4.69) is 0 Å². The highest BCUT2D eigenvalue weighted by Gasteiger charge is 2.40. The summed E-state index contributed by atoms with van der Waals surface area (Å²) in [5.41, 5.74) is 0.906. The minimum Gasteiger partial charge on any atom is -0.388 e. The largest absolute Gasteiger partial charge is 0.388 e. The van der Waals surface area contributed by atoms with Crippen LogP contribution in [0.3, 0.4) is 0 Å². The Kier molecular flexibility index (Phi) is 2.54. The normalized spacial score (nSPS) is 37.4. The molecule has 0 aliphatic carbocycles. The predicted octanol–water partition coefficient (Wildman–Crippen LogP) is 0.868. The van der Waals surface area contributed by atoms with E-state index in [1.165, 1.54) is 0 Å². The standard InChI is InChI=1S/C11H14O3/c1-7-9(12)10(13)11(14-7)8-5-3-2-4-6-8/h2-7,9-13H,1H3/t7-,9-,10-,11-/m0/s1. The van der Waals surface area contributed by atoms with Gasteiger partial charge in [-0.3, -0.25) is 0 Å². The smallest absolute Gasteiger partial charge is 0.113 e. The molecule has 1 aromatic rings. The molecule has 4 atom stereocenters. The summed E-state index contributed by atoms with van der Waals surface area (Å²) >= 11 is 0. The van der Waals surface area contributed by atoms with Gasteiger partial charge in [0.15, 0.2) is 0 Å². The second-order valence-corrected chi connectivity index (χ2v) is 3.65. The first-order valence-electron chi connectivity index (χ1n) is 4.76. The van der Waals surface area contributed by atoms with Gasteiger partial charge in [-0.25, -0.2) is 0 Å². The van der Waals surface area contributed by atoms with Gasteiger partial charge < -0.3 is 14.9 Å². The Labute approximate surface area is 83.0 Å². The lowest BCUT2D eigenvalue weighted by Gasteiger charge is -2.14. The maximum atomic E-state index is 9.71. The molecule has 1 aliphatic rings. The van der Waals surface area contributed by atoms with E-state index < -0.39 is 18.3 Å². The Morgan fingerprint density at radius 3 is 2.21 bits per heavy atom. The zero-order valence-electron chi connectivity index (χ0n) is 8.00. The number of ether oxygens (including phenoxy) is 1. The van der Waals surface area contributed by atoms with Crippen LogP contribution in [-0.2, 0) is 4.74 Å². The third-order valence-corrected chi connectivity index (χ3v) is 2.63. The molecule has 0 radical (unpaired) electrons. The molecule has 2 N–H and O–H groups in total. The van der Waals surface area contributed by atoms with Gasteiger partial charge in [-0.05, 0) is 12.5 Å². The summed E-state index contributed by atoms with van der Waals surface area (Å²) in [4.78, 5) is 0. The predicted molar refractivity (Wildman–Crippen MR) is 51.7 cm³/mol. The van der Waals surface area contributed by atoms with Crippen LogP contribution in [0.4, 0.5) is 0 Å². The Balaban J connectivity index is 2.21. The maximum Gasteiger partial charge on any atom is 0.113 e. The van der Waals surface area contributed by atoms with E-state index in [-0.39, 0.29) is 6.10 Å². The molecule has 3 heteroatoms. The van der Waals surface area contributed by atoms with E-state index >= 15 is 0 Å². The van der Waals surface area contributed by atoms with Gasteiger partial charge >= 0.3 is 0 Å². The molecule has 14 heavy (non-hydrogen) atoms. The second kappa shape index (κ2) is 3.69. The first kappa shape index (κ1) is 9.65. The van der Waals surface area contributed by atoms with E-state index in [9.17, 15) is 10.2 Å². The Morgan fingerprint density at radius 1 is 1.07 bits per heavy atom. The van der Waals surface area contributed by atoms with Crippen LogP contribution >= 0.6 is 0 Å². The third kappa shape index (κ3) is 1.54. The molecule has 76 valence electrons. The summed E-state index contributed by atoms with van der Waals surface area (Å²) in [6.45, 7) is 1.76. The Bertz CT molecular complexity index is 299. The van der Waals surface area contributed by atoms with E-state index in [0.717, 1.165) is 5.56 Å². The average Bonchev–Trinajstić information content (AvgIpc) is 2.47. The molecule has 0 amide bonds. The fourth-order valence-electron chi connectivity index (χ4n) is 1.77. The number of aliphatic hydroxyl groups is 2. The van der Waals surface area contributed by atoms with E-state index in [1.807, 2.05) is 30.3 Å². The molecule has 1 heterocycles. The van der Waals surface area contributed by atoms with Crippen molar-refractivity contribution in [2.75, 3.05) is 0 Å². The SMILES string of the molecule is C[C@@H]1O[C@@H](c2ccccc2)[C@@H](O)[C@H]1O. The van der Waals surface area contributed by atoms with Gasteiger partial charge in [0.05, 0.1) is 6.10 Å². The molecular formula is C11H14O3. The van der Waals surface area contributed by atoms with Gasteiger partial charge in [-0.2, -0.15) is 0 Å². The van der Waals surface area contributed by atoms with Crippen LogP contribution in [-0.4, -0.2) is 28.5 Å². The van der Waals surface area contributed by atoms with Crippen molar-refractivity contribution in [3.63, 3.8) is 0 Å². The van der Waals surface area contributed by atoms with Gasteiger partial charge in [0, 0.05) is 0 Å². The van der Waals surface area contributed by atoms with Crippen molar-refractivity contribution in [1.82, 2.24) is 0 Å². The number of benzene rings is 1. The van der Waals surface area contributed by atoms with Crippen molar-refractivity contribution >= 4 is 0 Å². The van der Waals surface area contributed by atoms with Crippen LogP contribution in [0.1, 0.15) is 18.6 Å². The lowest BCUT2D eigenvalue weighted by Crippen LogP contribution is -2.28. The van der Waals surface area contributed by atoms with Gasteiger partial charge in [-0.15, -0.1) is 0 Å². The van der Waals surface area contributed by atoms with Gasteiger partial charge in [0.1, 0.15) is 18.3 Å². The molecular weight excluding hydrogens is 180 g/mol. The van der Waals surface area contributed by atoms with Crippen molar-refractivity contribution in [3.05, 3.63) is 35.9 Å². The van der Waals surface area contributed by atoms with Crippen molar-refractivity contribution in [2.45, 2.75) is 31.3 Å². The molecule has 1 saturated heterocycles. The molecule has 0 saturated carbocycles. The molecule has 1 fully saturated rings. The van der Waals surface area contributed by atoms with Crippen LogP contribution in [0.15, 0.2) is 30.3 Å². The number of hydrogen-bond acceptors (Lipinski definition) is 3. The van der Waals surface area contributed by atoms with Crippen LogP contribution in [0, 0.1) is 0 Å². The van der Waals surface area contributed by atoms with E-state index in [1.54, 1.807) is 6.92 Å². The van der Waals surface area contributed by atoms with Gasteiger partial charge in [0.2, 0.25) is 0 Å². The molecule has 0 unspecified atom stereocenters. The van der Waals surface area contributed by atoms with Crippen molar-refractivity contribution in [1.29, 1.82) is 0 Å².